The predicted octanol–water partition coefficient (Wildman–Crippen LogP) is 8.02. The number of hydrogen-bond acceptors (Lipinski definition) is 5. The maximum absolute atomic E-state index is 11.6. The molecule has 0 N–H and O–H groups in total. The average molecular weight is 475 g/mol. The van der Waals surface area contributed by atoms with Gasteiger partial charge in [0.15, 0.2) is 0 Å². The molecule has 0 aliphatic rings. The summed E-state index contributed by atoms with van der Waals surface area (Å²) in [5, 5.41) is 0. The van der Waals surface area contributed by atoms with E-state index in [-0.39, 0.29) is 13.0 Å². The van der Waals surface area contributed by atoms with Gasteiger partial charge in [-0.15, -0.1) is 0 Å². The summed E-state index contributed by atoms with van der Waals surface area (Å²) >= 11 is 0. The third kappa shape index (κ3) is 19.3. The molecule has 0 saturated carbocycles. The number of carbonyl (C=O) groups is 2. The van der Waals surface area contributed by atoms with Crippen LogP contribution in [0.4, 0.5) is 0 Å². The first-order valence-corrected chi connectivity index (χ1v) is 13.4. The number of allylic oxidation sites excluding steroid dienone is 2. The molecule has 0 aliphatic heterocycles. The first-order chi connectivity index (χ1) is 16.7. The van der Waals surface area contributed by atoms with Crippen LogP contribution in [0.3, 0.4) is 0 Å². The van der Waals surface area contributed by atoms with E-state index in [0.717, 1.165) is 18.4 Å². The Bertz CT molecular complexity index is 641. The van der Waals surface area contributed by atoms with Crippen molar-refractivity contribution < 1.29 is 24.1 Å². The van der Waals surface area contributed by atoms with Crippen LogP contribution in [0.15, 0.2) is 42.5 Å². The van der Waals surface area contributed by atoms with E-state index in [2.05, 4.69) is 28.9 Å². The van der Waals surface area contributed by atoms with Crippen LogP contribution in [-0.4, -0.2) is 18.5 Å². The average Bonchev–Trinajstić information content (AvgIpc) is 2.85. The highest BCUT2D eigenvalue weighted by molar-refractivity contribution is 5.73. The molecule has 0 unspecified atom stereocenters. The lowest BCUT2D eigenvalue weighted by atomic mass is 10.0. The van der Waals surface area contributed by atoms with E-state index in [1.807, 2.05) is 30.3 Å². The SMILES string of the molecule is CCCCCCCCCCCCCCC=CCCCC(=O)OOC(=O)COCc1ccccc1. The van der Waals surface area contributed by atoms with E-state index in [0.29, 0.717) is 13.0 Å². The Morgan fingerprint density at radius 3 is 1.82 bits per heavy atom. The molecule has 0 radical (unpaired) electrons. The molecular weight excluding hydrogens is 428 g/mol. The summed E-state index contributed by atoms with van der Waals surface area (Å²) in [6.45, 7) is 2.31. The maximum Gasteiger partial charge on any atom is 0.380 e. The van der Waals surface area contributed by atoms with Gasteiger partial charge in [-0.2, -0.15) is 0 Å². The number of benzene rings is 1. The topological polar surface area (TPSA) is 61.8 Å². The lowest BCUT2D eigenvalue weighted by Gasteiger charge is -2.04. The zero-order valence-corrected chi connectivity index (χ0v) is 21.3. The zero-order chi connectivity index (χ0) is 24.5. The Kier molecular flexibility index (Phi) is 19.9. The maximum atomic E-state index is 11.6. The molecule has 0 atom stereocenters. The molecule has 0 amide bonds. The second-order valence-corrected chi connectivity index (χ2v) is 8.93. The summed E-state index contributed by atoms with van der Waals surface area (Å²) in [6.07, 6.45) is 23.5. The molecule has 0 fully saturated rings. The summed E-state index contributed by atoms with van der Waals surface area (Å²) in [5.74, 6) is -1.25. The third-order valence-electron chi connectivity index (χ3n) is 5.70. The number of rotatable bonds is 21. The molecule has 0 bridgehead atoms. The molecule has 34 heavy (non-hydrogen) atoms. The third-order valence-corrected chi connectivity index (χ3v) is 5.70. The molecular formula is C29H46O5. The molecule has 0 aliphatic carbocycles. The number of ether oxygens (including phenoxy) is 1. The molecule has 0 heterocycles. The van der Waals surface area contributed by atoms with Gasteiger partial charge < -0.3 is 4.74 Å². The minimum absolute atomic E-state index is 0.223. The van der Waals surface area contributed by atoms with Crippen molar-refractivity contribution in [3.63, 3.8) is 0 Å². The van der Waals surface area contributed by atoms with Crippen molar-refractivity contribution in [1.29, 1.82) is 0 Å². The van der Waals surface area contributed by atoms with Crippen molar-refractivity contribution in [1.82, 2.24) is 0 Å². The molecule has 0 spiro atoms. The van der Waals surface area contributed by atoms with Crippen molar-refractivity contribution in [2.75, 3.05) is 6.61 Å². The van der Waals surface area contributed by atoms with Gasteiger partial charge in [0.25, 0.3) is 0 Å². The molecule has 5 heteroatoms. The Labute approximate surface area is 207 Å². The Morgan fingerprint density at radius 1 is 0.676 bits per heavy atom. The summed E-state index contributed by atoms with van der Waals surface area (Å²) < 4.78 is 5.24. The number of carbonyl (C=O) groups excluding carboxylic acids is 2. The zero-order valence-electron chi connectivity index (χ0n) is 21.3. The van der Waals surface area contributed by atoms with E-state index in [1.165, 1.54) is 77.0 Å². The van der Waals surface area contributed by atoms with Crippen molar-refractivity contribution in [2.24, 2.45) is 0 Å². The van der Waals surface area contributed by atoms with Gasteiger partial charge in [0, 0.05) is 0 Å². The molecule has 0 aromatic heterocycles. The minimum atomic E-state index is -0.716. The lowest BCUT2D eigenvalue weighted by molar-refractivity contribution is -0.261. The number of unbranched alkanes of at least 4 members (excludes halogenated alkanes) is 13. The van der Waals surface area contributed by atoms with E-state index in [1.54, 1.807) is 0 Å². The van der Waals surface area contributed by atoms with Crippen LogP contribution < -0.4 is 0 Å². The van der Waals surface area contributed by atoms with Crippen LogP contribution >= 0.6 is 0 Å². The van der Waals surface area contributed by atoms with Crippen LogP contribution in [0.25, 0.3) is 0 Å². The summed E-state index contributed by atoms with van der Waals surface area (Å²) in [7, 11) is 0. The summed E-state index contributed by atoms with van der Waals surface area (Å²) in [5.41, 5.74) is 0.958. The quantitative estimate of drug-likeness (QED) is 0.0781. The highest BCUT2D eigenvalue weighted by atomic mass is 17.2. The minimum Gasteiger partial charge on any atom is -0.365 e. The summed E-state index contributed by atoms with van der Waals surface area (Å²) in [6, 6.07) is 9.50. The van der Waals surface area contributed by atoms with Gasteiger partial charge in [-0.1, -0.05) is 120 Å². The van der Waals surface area contributed by atoms with Gasteiger partial charge in [-0.05, 0) is 31.2 Å². The molecule has 1 rings (SSSR count). The predicted molar refractivity (Wildman–Crippen MR) is 137 cm³/mol. The van der Waals surface area contributed by atoms with Crippen molar-refractivity contribution in [3.8, 4) is 0 Å². The van der Waals surface area contributed by atoms with Crippen LogP contribution in [0.1, 0.15) is 115 Å². The molecule has 1 aromatic carbocycles. The van der Waals surface area contributed by atoms with E-state index in [9.17, 15) is 9.59 Å². The molecule has 0 saturated heterocycles. The van der Waals surface area contributed by atoms with E-state index in [4.69, 9.17) is 4.74 Å². The first kappa shape index (κ1) is 29.9. The Hall–Kier alpha value is -2.14. The second-order valence-electron chi connectivity index (χ2n) is 8.93. The van der Waals surface area contributed by atoms with Gasteiger partial charge in [-0.25, -0.2) is 19.4 Å². The van der Waals surface area contributed by atoms with Gasteiger partial charge in [-0.3, -0.25) is 0 Å². The molecule has 1 aromatic rings. The van der Waals surface area contributed by atoms with E-state index < -0.39 is 11.9 Å². The normalized spacial score (nSPS) is 11.1. The lowest BCUT2D eigenvalue weighted by Crippen LogP contribution is -2.16. The Balaban J connectivity index is 1.83. The molecule has 192 valence electrons. The van der Waals surface area contributed by atoms with Gasteiger partial charge in [0.05, 0.1) is 13.0 Å². The number of hydrogen-bond donors (Lipinski definition) is 0. The summed E-state index contributed by atoms with van der Waals surface area (Å²) in [4.78, 5) is 32.2. The van der Waals surface area contributed by atoms with Crippen molar-refractivity contribution >= 4 is 11.9 Å². The fourth-order valence-electron chi connectivity index (χ4n) is 3.69. The Morgan fingerprint density at radius 2 is 1.21 bits per heavy atom. The van der Waals surface area contributed by atoms with Crippen molar-refractivity contribution in [2.45, 2.75) is 116 Å². The van der Waals surface area contributed by atoms with Gasteiger partial charge >= 0.3 is 11.9 Å². The highest BCUT2D eigenvalue weighted by Gasteiger charge is 2.09. The van der Waals surface area contributed by atoms with Gasteiger partial charge in [0.1, 0.15) is 6.61 Å². The second kappa shape index (κ2) is 22.6. The van der Waals surface area contributed by atoms with E-state index >= 15 is 0 Å². The largest absolute Gasteiger partial charge is 0.380 e. The highest BCUT2D eigenvalue weighted by Crippen LogP contribution is 2.12. The molecule has 5 nitrogen and oxygen atoms in total. The first-order valence-electron chi connectivity index (χ1n) is 13.4. The van der Waals surface area contributed by atoms with Crippen molar-refractivity contribution in [3.05, 3.63) is 48.0 Å². The van der Waals surface area contributed by atoms with Crippen LogP contribution in [-0.2, 0) is 30.7 Å². The smallest absolute Gasteiger partial charge is 0.365 e. The standard InChI is InChI=1S/C29H46O5/c1-2-3-4-5-6-7-8-9-10-11-12-13-14-15-16-17-21-24-28(30)33-34-29(31)26-32-25-27-22-19-18-20-23-27/h15-16,18-20,22-23H,2-14,17,21,24-26H2,1H3. The fraction of sp³-hybridized carbons (Fsp3) is 0.655. The monoisotopic (exact) mass is 474 g/mol. The fourth-order valence-corrected chi connectivity index (χ4v) is 3.69. The van der Waals surface area contributed by atoms with Crippen LogP contribution in [0.2, 0.25) is 0 Å². The van der Waals surface area contributed by atoms with Gasteiger partial charge in [0.2, 0.25) is 0 Å². The van der Waals surface area contributed by atoms with Crippen LogP contribution in [0, 0.1) is 0 Å². The van der Waals surface area contributed by atoms with Crippen LogP contribution in [0.5, 0.6) is 0 Å².